The van der Waals surface area contributed by atoms with Crippen molar-refractivity contribution in [3.8, 4) is 0 Å². The molecular weight excluding hydrogens is 380 g/mol. The van der Waals surface area contributed by atoms with Gasteiger partial charge in [0, 0.05) is 22.9 Å². The van der Waals surface area contributed by atoms with Crippen LogP contribution in [0.2, 0.25) is 0 Å². The first kappa shape index (κ1) is 19.6. The van der Waals surface area contributed by atoms with E-state index in [4.69, 9.17) is 4.98 Å². The van der Waals surface area contributed by atoms with Gasteiger partial charge in [0.1, 0.15) is 0 Å². The molecule has 156 valence electrons. The molecule has 1 heterocycles. The van der Waals surface area contributed by atoms with Crippen LogP contribution in [0.1, 0.15) is 61.5 Å². The van der Waals surface area contributed by atoms with Gasteiger partial charge in [0.2, 0.25) is 0 Å². The molecule has 5 nitrogen and oxygen atoms in total. The quantitative estimate of drug-likeness (QED) is 0.301. The third kappa shape index (κ3) is 2.26. The lowest BCUT2D eigenvalue weighted by Gasteiger charge is -2.55. The average molecular weight is 413 g/mol. The zero-order valence-electron chi connectivity index (χ0n) is 17.9. The Morgan fingerprint density at radius 3 is 2.90 bits per heavy atom. The van der Waals surface area contributed by atoms with Gasteiger partial charge < -0.3 is 5.11 Å². The molecule has 5 rings (SSSR count). The molecular formula is C23H32N4OS. The number of rotatable bonds is 4. The monoisotopic (exact) mass is 412 g/mol. The second kappa shape index (κ2) is 6.09. The van der Waals surface area contributed by atoms with E-state index in [0.29, 0.717) is 12.5 Å². The lowest BCUT2D eigenvalue weighted by molar-refractivity contribution is -0.0556. The highest BCUT2D eigenvalue weighted by Crippen LogP contribution is 2.86. The van der Waals surface area contributed by atoms with Gasteiger partial charge in [-0.05, 0) is 90.9 Å². The van der Waals surface area contributed by atoms with E-state index in [9.17, 15) is 10.6 Å². The smallest absolute Gasteiger partial charge is 0.0900 e. The number of allylic oxidation sites excluding steroid dienone is 1. The van der Waals surface area contributed by atoms with Crippen LogP contribution in [0.15, 0.2) is 17.3 Å². The minimum Gasteiger partial charge on any atom is -0.396 e. The Morgan fingerprint density at radius 1 is 1.38 bits per heavy atom. The number of aryl methyl sites for hydroxylation is 1. The summed E-state index contributed by atoms with van der Waals surface area (Å²) in [7, 11) is 0. The molecule has 0 bridgehead atoms. The van der Waals surface area contributed by atoms with E-state index in [-0.39, 0.29) is 34.2 Å². The lowest BCUT2D eigenvalue weighted by atomic mass is 9.49. The van der Waals surface area contributed by atoms with Crippen molar-refractivity contribution >= 4 is 11.3 Å². The molecule has 0 aliphatic heterocycles. The average Bonchev–Trinajstić information content (AvgIpc) is 3.11. The fourth-order valence-corrected chi connectivity index (χ4v) is 9.40. The summed E-state index contributed by atoms with van der Waals surface area (Å²) in [6.45, 7) is 12.2. The molecule has 3 fully saturated rings. The Labute approximate surface area is 177 Å². The molecule has 0 aromatic carbocycles. The SMILES string of the molecule is C=C1CC[C@H]2[C@@]3(CN=[N+]=[N-])C[C@]3([C@@]3(C)Cc4sc(C)nc4C[C@@H]3CO)CC[C@]12C. The van der Waals surface area contributed by atoms with E-state index >= 15 is 0 Å². The van der Waals surface area contributed by atoms with Gasteiger partial charge in [-0.15, -0.1) is 11.3 Å². The molecule has 0 amide bonds. The number of azide groups is 1. The summed E-state index contributed by atoms with van der Waals surface area (Å²) in [5, 5.41) is 15.7. The van der Waals surface area contributed by atoms with Crippen molar-refractivity contribution in [2.24, 2.45) is 38.6 Å². The van der Waals surface area contributed by atoms with E-state index in [1.807, 2.05) is 11.3 Å². The normalized spacial score (nSPS) is 45.2. The van der Waals surface area contributed by atoms with Crippen molar-refractivity contribution in [1.82, 2.24) is 4.98 Å². The number of aliphatic hydroxyl groups excluding tert-OH is 1. The van der Waals surface area contributed by atoms with E-state index in [2.05, 4.69) is 37.4 Å². The maximum Gasteiger partial charge on any atom is 0.0900 e. The fraction of sp³-hybridized carbons (Fsp3) is 0.783. The molecule has 1 N–H and O–H groups in total. The summed E-state index contributed by atoms with van der Waals surface area (Å²) >= 11 is 1.83. The molecule has 3 saturated carbocycles. The summed E-state index contributed by atoms with van der Waals surface area (Å²) < 4.78 is 0. The van der Waals surface area contributed by atoms with E-state index in [1.165, 1.54) is 29.0 Å². The van der Waals surface area contributed by atoms with Crippen molar-refractivity contribution in [1.29, 1.82) is 0 Å². The second-order valence-electron chi connectivity index (χ2n) is 10.7. The molecule has 6 atom stereocenters. The molecule has 29 heavy (non-hydrogen) atoms. The van der Waals surface area contributed by atoms with Gasteiger partial charge in [0.05, 0.1) is 10.7 Å². The number of hydrogen-bond donors (Lipinski definition) is 1. The lowest BCUT2D eigenvalue weighted by Crippen LogP contribution is -2.52. The van der Waals surface area contributed by atoms with Gasteiger partial charge in [-0.2, -0.15) is 0 Å². The maximum absolute atomic E-state index is 10.4. The van der Waals surface area contributed by atoms with Gasteiger partial charge in [-0.1, -0.05) is 31.1 Å². The van der Waals surface area contributed by atoms with Crippen LogP contribution >= 0.6 is 11.3 Å². The molecule has 4 aliphatic carbocycles. The minimum atomic E-state index is 0.0178. The maximum atomic E-state index is 10.4. The molecule has 0 spiro atoms. The molecule has 4 aliphatic rings. The Hall–Kier alpha value is -1.36. The van der Waals surface area contributed by atoms with E-state index < -0.39 is 0 Å². The third-order valence-corrected chi connectivity index (χ3v) is 11.0. The van der Waals surface area contributed by atoms with E-state index in [1.54, 1.807) is 0 Å². The Morgan fingerprint density at radius 2 is 2.17 bits per heavy atom. The predicted octanol–water partition coefficient (Wildman–Crippen LogP) is 5.62. The van der Waals surface area contributed by atoms with Crippen LogP contribution in [0, 0.1) is 40.4 Å². The van der Waals surface area contributed by atoms with Gasteiger partial charge in [-0.25, -0.2) is 4.98 Å². The van der Waals surface area contributed by atoms with Crippen LogP contribution in [0.5, 0.6) is 0 Å². The molecule has 6 heteroatoms. The van der Waals surface area contributed by atoms with Crippen LogP contribution in [-0.2, 0) is 12.8 Å². The van der Waals surface area contributed by atoms with Crippen LogP contribution < -0.4 is 0 Å². The Kier molecular flexibility index (Phi) is 4.11. The first-order valence-electron chi connectivity index (χ1n) is 11.0. The zero-order chi connectivity index (χ0) is 20.7. The van der Waals surface area contributed by atoms with Crippen LogP contribution in [0.25, 0.3) is 10.4 Å². The van der Waals surface area contributed by atoms with Crippen molar-refractivity contribution in [2.45, 2.75) is 65.7 Å². The molecule has 0 radical (unpaired) electrons. The number of aromatic nitrogens is 1. The first-order chi connectivity index (χ1) is 13.8. The fourth-order valence-electron chi connectivity index (χ4n) is 8.27. The minimum absolute atomic E-state index is 0.0178. The molecule has 1 aromatic rings. The number of hydrogen-bond acceptors (Lipinski definition) is 4. The van der Waals surface area contributed by atoms with Crippen molar-refractivity contribution in [2.75, 3.05) is 13.2 Å². The molecule has 1 aromatic heterocycles. The van der Waals surface area contributed by atoms with Gasteiger partial charge in [0.15, 0.2) is 0 Å². The summed E-state index contributed by atoms with van der Waals surface area (Å²) in [6, 6.07) is 0. The summed E-state index contributed by atoms with van der Waals surface area (Å²) in [4.78, 5) is 9.36. The Balaban J connectivity index is 1.61. The number of thiazole rings is 1. The first-order valence-corrected chi connectivity index (χ1v) is 11.8. The number of nitrogens with zero attached hydrogens (tertiary/aromatic N) is 4. The van der Waals surface area contributed by atoms with E-state index in [0.717, 1.165) is 37.1 Å². The molecule has 0 unspecified atom stereocenters. The van der Waals surface area contributed by atoms with Gasteiger partial charge in [0.25, 0.3) is 0 Å². The Bertz CT molecular complexity index is 935. The summed E-state index contributed by atoms with van der Waals surface area (Å²) in [5.41, 5.74) is 12.2. The topological polar surface area (TPSA) is 81.9 Å². The van der Waals surface area contributed by atoms with Crippen molar-refractivity contribution in [3.05, 3.63) is 38.2 Å². The van der Waals surface area contributed by atoms with Gasteiger partial charge >= 0.3 is 0 Å². The highest BCUT2D eigenvalue weighted by atomic mass is 32.1. The van der Waals surface area contributed by atoms with Crippen LogP contribution in [0.4, 0.5) is 0 Å². The number of aliphatic hydroxyl groups is 1. The highest BCUT2D eigenvalue weighted by Gasteiger charge is 2.81. The summed E-state index contributed by atoms with van der Waals surface area (Å²) in [5.74, 6) is 0.765. The van der Waals surface area contributed by atoms with Crippen LogP contribution in [-0.4, -0.2) is 23.2 Å². The molecule has 0 saturated heterocycles. The predicted molar refractivity (Wildman–Crippen MR) is 116 cm³/mol. The second-order valence-corrected chi connectivity index (χ2v) is 12.0. The van der Waals surface area contributed by atoms with Gasteiger partial charge in [-0.3, -0.25) is 0 Å². The van der Waals surface area contributed by atoms with Crippen LogP contribution in [0.3, 0.4) is 0 Å². The third-order valence-electron chi connectivity index (χ3n) is 9.98. The standard InChI is InChI=1S/C23H32N4OS/c1-14-5-6-19-20(14,3)7-8-23(12-22(19,23)13-25-27-24)21(4)10-18-17(9-16(21)11-28)26-15(2)29-18/h16,19,28H,1,5-13H2,2-4H3/t16-,19-,20-,21+,22+,23+/m1/s1. The van der Waals surface area contributed by atoms with Crippen molar-refractivity contribution < 1.29 is 5.11 Å². The summed E-state index contributed by atoms with van der Waals surface area (Å²) in [6.07, 6.45) is 7.61. The number of fused-ring (bicyclic) bond motifs is 4. The van der Waals surface area contributed by atoms with Crippen molar-refractivity contribution in [3.63, 3.8) is 0 Å². The largest absolute Gasteiger partial charge is 0.396 e. The zero-order valence-corrected chi connectivity index (χ0v) is 18.7. The highest BCUT2D eigenvalue weighted by molar-refractivity contribution is 7.11.